The van der Waals surface area contributed by atoms with Gasteiger partial charge in [0.15, 0.2) is 0 Å². The van der Waals surface area contributed by atoms with Gasteiger partial charge < -0.3 is 10.2 Å². The van der Waals surface area contributed by atoms with Gasteiger partial charge in [-0.05, 0) is 76.7 Å². The van der Waals surface area contributed by atoms with Crippen molar-refractivity contribution in [3.05, 3.63) is 0 Å². The molecule has 0 aromatic carbocycles. The molecule has 0 amide bonds. The van der Waals surface area contributed by atoms with Crippen molar-refractivity contribution in [1.29, 1.82) is 0 Å². The average Bonchev–Trinajstić information content (AvgIpc) is 2.50. The molecule has 0 unspecified atom stereocenters. The quantitative estimate of drug-likeness (QED) is 0.665. The monoisotopic (exact) mass is 254 g/mol. The summed E-state index contributed by atoms with van der Waals surface area (Å²) in [5.74, 6) is 0. The minimum atomic E-state index is 0.582. The molecule has 0 bridgehead atoms. The Hall–Kier alpha value is -0.0800. The van der Waals surface area contributed by atoms with E-state index in [-0.39, 0.29) is 0 Å². The second-order valence-corrected chi connectivity index (χ2v) is 6.67. The van der Waals surface area contributed by atoms with Gasteiger partial charge in [0, 0.05) is 0 Å². The molecular formula is C16H34N2. The van der Waals surface area contributed by atoms with Crippen LogP contribution in [0.3, 0.4) is 0 Å². The Morgan fingerprint density at radius 2 is 1.83 bits per heavy atom. The van der Waals surface area contributed by atoms with Crippen LogP contribution >= 0.6 is 0 Å². The van der Waals surface area contributed by atoms with Crippen molar-refractivity contribution < 1.29 is 0 Å². The van der Waals surface area contributed by atoms with Crippen molar-refractivity contribution in [2.24, 2.45) is 5.41 Å². The third kappa shape index (κ3) is 7.38. The maximum Gasteiger partial charge on any atom is -0.00136 e. The Labute approximate surface area is 115 Å². The van der Waals surface area contributed by atoms with E-state index in [1.54, 1.807) is 0 Å². The van der Waals surface area contributed by atoms with Crippen LogP contribution in [0.5, 0.6) is 0 Å². The minimum absolute atomic E-state index is 0.582. The zero-order valence-corrected chi connectivity index (χ0v) is 12.9. The smallest absolute Gasteiger partial charge is 0.00136 e. The van der Waals surface area contributed by atoms with Gasteiger partial charge in [-0.1, -0.05) is 27.2 Å². The van der Waals surface area contributed by atoms with Gasteiger partial charge >= 0.3 is 0 Å². The van der Waals surface area contributed by atoms with Crippen LogP contribution in [-0.4, -0.2) is 37.6 Å². The van der Waals surface area contributed by atoms with Crippen molar-refractivity contribution in [3.63, 3.8) is 0 Å². The van der Waals surface area contributed by atoms with Gasteiger partial charge in [-0.3, -0.25) is 0 Å². The number of hydrogen-bond acceptors (Lipinski definition) is 2. The Morgan fingerprint density at radius 3 is 2.61 bits per heavy atom. The summed E-state index contributed by atoms with van der Waals surface area (Å²) in [4.78, 5) is 2.69. The summed E-state index contributed by atoms with van der Waals surface area (Å²) in [5.41, 5.74) is 0.582. The minimum Gasteiger partial charge on any atom is -0.317 e. The summed E-state index contributed by atoms with van der Waals surface area (Å²) in [6.07, 6.45) is 9.55. The van der Waals surface area contributed by atoms with E-state index in [0.717, 1.165) is 0 Å². The molecule has 2 nitrogen and oxygen atoms in total. The Bertz CT molecular complexity index is 201. The predicted octanol–water partition coefficient (Wildman–Crippen LogP) is 3.67. The molecule has 18 heavy (non-hydrogen) atoms. The molecule has 1 heterocycles. The van der Waals surface area contributed by atoms with Gasteiger partial charge in [0.2, 0.25) is 0 Å². The highest BCUT2D eigenvalue weighted by molar-refractivity contribution is 4.76. The summed E-state index contributed by atoms with van der Waals surface area (Å²) in [6, 6.07) is 0. The fraction of sp³-hybridized carbons (Fsp3) is 1.00. The van der Waals surface area contributed by atoms with E-state index < -0.39 is 0 Å². The van der Waals surface area contributed by atoms with E-state index in [2.05, 4.69) is 31.0 Å². The predicted molar refractivity (Wildman–Crippen MR) is 81.1 cm³/mol. The van der Waals surface area contributed by atoms with Crippen LogP contribution in [0.2, 0.25) is 0 Å². The zero-order chi connectivity index (χ0) is 13.3. The number of nitrogens with zero attached hydrogens (tertiary/aromatic N) is 1. The molecule has 0 spiro atoms. The number of hydrogen-bond donors (Lipinski definition) is 1. The molecule has 0 aromatic heterocycles. The molecule has 0 aromatic rings. The normalized spacial score (nSPS) is 20.8. The van der Waals surface area contributed by atoms with Crippen LogP contribution in [0.1, 0.15) is 65.7 Å². The maximum absolute atomic E-state index is 3.48. The topological polar surface area (TPSA) is 15.3 Å². The van der Waals surface area contributed by atoms with Gasteiger partial charge in [0.05, 0.1) is 0 Å². The van der Waals surface area contributed by atoms with Gasteiger partial charge in [-0.2, -0.15) is 0 Å². The van der Waals surface area contributed by atoms with Crippen LogP contribution in [0, 0.1) is 5.41 Å². The summed E-state index contributed by atoms with van der Waals surface area (Å²) >= 11 is 0. The van der Waals surface area contributed by atoms with Crippen LogP contribution in [0.4, 0.5) is 0 Å². The molecule has 0 radical (unpaired) electrons. The largest absolute Gasteiger partial charge is 0.317 e. The van der Waals surface area contributed by atoms with E-state index >= 15 is 0 Å². The first-order valence-electron chi connectivity index (χ1n) is 8.07. The molecule has 1 saturated heterocycles. The molecule has 1 rings (SSSR count). The standard InChI is InChI=1S/C16H34N2/c1-4-11-17-12-6-5-7-13-18-14-8-9-16(2,3)10-15-18/h17H,4-15H2,1-3H3. The average molecular weight is 254 g/mol. The second-order valence-electron chi connectivity index (χ2n) is 6.67. The van der Waals surface area contributed by atoms with Gasteiger partial charge in [-0.15, -0.1) is 0 Å². The molecule has 1 aliphatic rings. The fourth-order valence-corrected chi connectivity index (χ4v) is 2.77. The first kappa shape index (κ1) is 16.0. The molecule has 2 heteroatoms. The molecule has 108 valence electrons. The third-order valence-electron chi connectivity index (χ3n) is 4.19. The second kappa shape index (κ2) is 8.92. The number of likely N-dealkylation sites (tertiary alicyclic amines) is 1. The summed E-state index contributed by atoms with van der Waals surface area (Å²) < 4.78 is 0. The van der Waals surface area contributed by atoms with Gasteiger partial charge in [-0.25, -0.2) is 0 Å². The first-order valence-corrected chi connectivity index (χ1v) is 8.07. The molecule has 1 aliphatic heterocycles. The van der Waals surface area contributed by atoms with E-state index in [0.29, 0.717) is 5.41 Å². The molecule has 0 atom stereocenters. The SMILES string of the molecule is CCCNCCCCCN1CCCC(C)(C)CC1. The Morgan fingerprint density at radius 1 is 1.00 bits per heavy atom. The molecule has 1 fully saturated rings. The van der Waals surface area contributed by atoms with E-state index in [9.17, 15) is 0 Å². The van der Waals surface area contributed by atoms with Crippen LogP contribution in [0.25, 0.3) is 0 Å². The summed E-state index contributed by atoms with van der Waals surface area (Å²) in [6.45, 7) is 13.4. The molecule has 1 N–H and O–H groups in total. The van der Waals surface area contributed by atoms with Crippen molar-refractivity contribution in [3.8, 4) is 0 Å². The van der Waals surface area contributed by atoms with Crippen molar-refractivity contribution in [1.82, 2.24) is 10.2 Å². The van der Waals surface area contributed by atoms with E-state index in [1.165, 1.54) is 77.7 Å². The lowest BCUT2D eigenvalue weighted by Crippen LogP contribution is -2.26. The van der Waals surface area contributed by atoms with Crippen LogP contribution in [-0.2, 0) is 0 Å². The van der Waals surface area contributed by atoms with Gasteiger partial charge in [0.1, 0.15) is 0 Å². The lowest BCUT2D eigenvalue weighted by atomic mass is 9.85. The Kier molecular flexibility index (Phi) is 7.92. The van der Waals surface area contributed by atoms with Crippen molar-refractivity contribution >= 4 is 0 Å². The summed E-state index contributed by atoms with van der Waals surface area (Å²) in [5, 5.41) is 3.48. The van der Waals surface area contributed by atoms with E-state index in [4.69, 9.17) is 0 Å². The van der Waals surface area contributed by atoms with Crippen LogP contribution < -0.4 is 5.32 Å². The highest BCUT2D eigenvalue weighted by Gasteiger charge is 2.22. The number of unbranched alkanes of at least 4 members (excludes halogenated alkanes) is 2. The molecular weight excluding hydrogens is 220 g/mol. The lowest BCUT2D eigenvalue weighted by Gasteiger charge is -2.23. The lowest BCUT2D eigenvalue weighted by molar-refractivity contribution is 0.257. The highest BCUT2D eigenvalue weighted by atomic mass is 15.1. The molecule has 0 aliphatic carbocycles. The first-order chi connectivity index (χ1) is 8.64. The Balaban J connectivity index is 1.99. The van der Waals surface area contributed by atoms with E-state index in [1.807, 2.05) is 0 Å². The van der Waals surface area contributed by atoms with Crippen LogP contribution in [0.15, 0.2) is 0 Å². The molecule has 0 saturated carbocycles. The highest BCUT2D eigenvalue weighted by Crippen LogP contribution is 2.29. The maximum atomic E-state index is 3.48. The van der Waals surface area contributed by atoms with Gasteiger partial charge in [0.25, 0.3) is 0 Å². The number of nitrogens with one attached hydrogen (secondary N) is 1. The van der Waals surface area contributed by atoms with Crippen molar-refractivity contribution in [2.75, 3.05) is 32.7 Å². The van der Waals surface area contributed by atoms with Crippen molar-refractivity contribution in [2.45, 2.75) is 65.7 Å². The third-order valence-corrected chi connectivity index (χ3v) is 4.19. The zero-order valence-electron chi connectivity index (χ0n) is 12.9. The number of rotatable bonds is 8. The fourth-order valence-electron chi connectivity index (χ4n) is 2.77. The summed E-state index contributed by atoms with van der Waals surface area (Å²) in [7, 11) is 0.